The van der Waals surface area contributed by atoms with Crippen LogP contribution in [0.3, 0.4) is 0 Å². The monoisotopic (exact) mass is 493 g/mol. The molecule has 6 rings (SSSR count). The maximum Gasteiger partial charge on any atom is 0.255 e. The molecule has 0 saturated carbocycles. The van der Waals surface area contributed by atoms with E-state index in [0.717, 1.165) is 33.3 Å². The van der Waals surface area contributed by atoms with Crippen molar-refractivity contribution in [1.29, 1.82) is 0 Å². The number of hydrogen-bond donors (Lipinski definition) is 0. The Bertz CT molecular complexity index is 1500. The molecule has 37 heavy (non-hydrogen) atoms. The fourth-order valence-electron chi connectivity index (χ4n) is 5.96. The Morgan fingerprint density at radius 3 is 2.38 bits per heavy atom. The average molecular weight is 494 g/mol. The molecule has 1 fully saturated rings. The van der Waals surface area contributed by atoms with E-state index in [0.29, 0.717) is 31.9 Å². The van der Waals surface area contributed by atoms with E-state index in [1.54, 1.807) is 0 Å². The molecule has 4 aromatic rings. The fourth-order valence-corrected chi connectivity index (χ4v) is 5.96. The van der Waals surface area contributed by atoms with Crippen molar-refractivity contribution in [2.75, 3.05) is 26.3 Å². The maximum absolute atomic E-state index is 14.0. The largest absolute Gasteiger partial charge is 0.378 e. The molecule has 0 N–H and O–H groups in total. The highest BCUT2D eigenvalue weighted by molar-refractivity contribution is 6.04. The molecular weight excluding hydrogens is 462 g/mol. The summed E-state index contributed by atoms with van der Waals surface area (Å²) < 4.78 is 7.68. The lowest BCUT2D eigenvalue weighted by Gasteiger charge is -2.36. The number of nitrogens with zero attached hydrogens (tertiary/aromatic N) is 3. The molecular formula is C31H31N3O3. The van der Waals surface area contributed by atoms with Crippen molar-refractivity contribution in [1.82, 2.24) is 14.4 Å². The summed E-state index contributed by atoms with van der Waals surface area (Å²) in [5, 5.41) is 1.09. The van der Waals surface area contributed by atoms with Crippen molar-refractivity contribution in [3.8, 4) is 11.3 Å². The first kappa shape index (κ1) is 23.5. The number of hydrogen-bond acceptors (Lipinski definition) is 3. The van der Waals surface area contributed by atoms with Gasteiger partial charge in [-0.15, -0.1) is 0 Å². The quantitative estimate of drug-likeness (QED) is 0.404. The van der Waals surface area contributed by atoms with Gasteiger partial charge in [-0.1, -0.05) is 66.2 Å². The van der Waals surface area contributed by atoms with Crippen LogP contribution in [0.1, 0.15) is 40.0 Å². The average Bonchev–Trinajstić information content (AvgIpc) is 3.39. The third-order valence-corrected chi connectivity index (χ3v) is 7.84. The molecule has 3 aromatic carbocycles. The minimum Gasteiger partial charge on any atom is -0.378 e. The van der Waals surface area contributed by atoms with Gasteiger partial charge >= 0.3 is 0 Å². The SMILES string of the molecule is Cc1ccc(-c2c(C3c4ccccc4C(=O)N3C(C)C(=O)N3CCOCC3)c3ccccc3n2C)cc1. The Morgan fingerprint density at radius 1 is 0.946 bits per heavy atom. The lowest BCUT2D eigenvalue weighted by atomic mass is 9.92. The maximum atomic E-state index is 14.0. The minimum atomic E-state index is -0.618. The van der Waals surface area contributed by atoms with Crippen LogP contribution in [0.5, 0.6) is 0 Å². The zero-order valence-corrected chi connectivity index (χ0v) is 21.5. The summed E-state index contributed by atoms with van der Waals surface area (Å²) in [5.41, 5.74) is 7.10. The van der Waals surface area contributed by atoms with E-state index < -0.39 is 6.04 Å². The van der Waals surface area contributed by atoms with Crippen LogP contribution in [0.4, 0.5) is 0 Å². The van der Waals surface area contributed by atoms with Crippen LogP contribution in [-0.2, 0) is 16.6 Å². The number of benzene rings is 3. The van der Waals surface area contributed by atoms with Gasteiger partial charge < -0.3 is 19.1 Å². The summed E-state index contributed by atoms with van der Waals surface area (Å²) >= 11 is 0. The van der Waals surface area contributed by atoms with Gasteiger partial charge in [0.15, 0.2) is 0 Å². The molecule has 1 saturated heterocycles. The zero-order chi connectivity index (χ0) is 25.7. The van der Waals surface area contributed by atoms with Gasteiger partial charge in [0.05, 0.1) is 24.9 Å². The van der Waals surface area contributed by atoms with E-state index in [2.05, 4.69) is 54.9 Å². The lowest BCUT2D eigenvalue weighted by molar-refractivity contribution is -0.140. The van der Waals surface area contributed by atoms with Crippen molar-refractivity contribution in [3.05, 3.63) is 95.1 Å². The molecule has 2 atom stereocenters. The molecule has 0 aliphatic carbocycles. The Kier molecular flexibility index (Phi) is 5.84. The van der Waals surface area contributed by atoms with E-state index in [-0.39, 0.29) is 17.9 Å². The molecule has 2 aliphatic heterocycles. The smallest absolute Gasteiger partial charge is 0.255 e. The van der Waals surface area contributed by atoms with Gasteiger partial charge in [0.25, 0.3) is 5.91 Å². The van der Waals surface area contributed by atoms with E-state index in [1.165, 1.54) is 5.56 Å². The summed E-state index contributed by atoms with van der Waals surface area (Å²) in [5.74, 6) is -0.135. The van der Waals surface area contributed by atoms with Crippen LogP contribution >= 0.6 is 0 Å². The Labute approximate surface area is 217 Å². The van der Waals surface area contributed by atoms with Crippen LogP contribution in [0.2, 0.25) is 0 Å². The van der Waals surface area contributed by atoms with E-state index in [1.807, 2.05) is 53.1 Å². The second-order valence-corrected chi connectivity index (χ2v) is 10.0. The van der Waals surface area contributed by atoms with Crippen LogP contribution < -0.4 is 0 Å². The van der Waals surface area contributed by atoms with Gasteiger partial charge in [0, 0.05) is 42.2 Å². The van der Waals surface area contributed by atoms with Gasteiger partial charge in [-0.2, -0.15) is 0 Å². The summed E-state index contributed by atoms with van der Waals surface area (Å²) in [6, 6.07) is 23.6. The topological polar surface area (TPSA) is 54.8 Å². The number of para-hydroxylation sites is 1. The van der Waals surface area contributed by atoms with Crippen LogP contribution in [-0.4, -0.2) is 58.5 Å². The molecule has 6 heteroatoms. The third-order valence-electron chi connectivity index (χ3n) is 7.84. The van der Waals surface area contributed by atoms with E-state index in [4.69, 9.17) is 4.74 Å². The second-order valence-electron chi connectivity index (χ2n) is 10.0. The van der Waals surface area contributed by atoms with E-state index >= 15 is 0 Å². The summed E-state index contributed by atoms with van der Waals surface area (Å²) in [6.45, 7) is 6.09. The van der Waals surface area contributed by atoms with Gasteiger partial charge in [0.2, 0.25) is 5.91 Å². The van der Waals surface area contributed by atoms with Crippen molar-refractivity contribution in [2.45, 2.75) is 25.9 Å². The van der Waals surface area contributed by atoms with Crippen LogP contribution in [0.15, 0.2) is 72.8 Å². The summed E-state index contributed by atoms with van der Waals surface area (Å²) in [4.78, 5) is 31.3. The van der Waals surface area contributed by atoms with Gasteiger partial charge in [-0.25, -0.2) is 0 Å². The number of carbonyl (C=O) groups is 2. The van der Waals surface area contributed by atoms with Gasteiger partial charge in [-0.3, -0.25) is 9.59 Å². The molecule has 3 heterocycles. The highest BCUT2D eigenvalue weighted by atomic mass is 16.5. The predicted molar refractivity (Wildman–Crippen MR) is 144 cm³/mol. The molecule has 2 unspecified atom stereocenters. The molecule has 0 spiro atoms. The lowest BCUT2D eigenvalue weighted by Crippen LogP contribution is -2.51. The Morgan fingerprint density at radius 2 is 1.62 bits per heavy atom. The standard InChI is InChI=1S/C31H31N3O3/c1-20-12-14-22(15-13-20)28-27(25-10-6-7-11-26(25)32(28)3)29-23-8-4-5-9-24(23)31(36)34(29)21(2)30(35)33-16-18-37-19-17-33/h4-15,21,29H,16-19H2,1-3H3. The first-order chi connectivity index (χ1) is 18.0. The number of morpholine rings is 1. The number of aromatic nitrogens is 1. The Hall–Kier alpha value is -3.90. The van der Waals surface area contributed by atoms with Crippen molar-refractivity contribution in [3.63, 3.8) is 0 Å². The first-order valence-electron chi connectivity index (χ1n) is 12.9. The number of rotatable bonds is 4. The Balaban J connectivity index is 1.58. The normalized spacial score (nSPS) is 18.4. The van der Waals surface area contributed by atoms with Gasteiger partial charge in [-0.05, 0) is 37.1 Å². The molecule has 2 aliphatic rings. The number of fused-ring (bicyclic) bond motifs is 2. The number of amides is 2. The number of ether oxygens (including phenoxy) is 1. The molecule has 0 bridgehead atoms. The summed E-state index contributed by atoms with van der Waals surface area (Å²) in [7, 11) is 2.08. The molecule has 188 valence electrons. The second kappa shape index (κ2) is 9.20. The van der Waals surface area contributed by atoms with Crippen molar-refractivity contribution >= 4 is 22.7 Å². The summed E-state index contributed by atoms with van der Waals surface area (Å²) in [6.07, 6.45) is 0. The number of carbonyl (C=O) groups excluding carboxylic acids is 2. The number of aryl methyl sites for hydroxylation is 2. The van der Waals surface area contributed by atoms with Crippen LogP contribution in [0, 0.1) is 6.92 Å². The van der Waals surface area contributed by atoms with Gasteiger partial charge in [0.1, 0.15) is 6.04 Å². The third kappa shape index (κ3) is 3.75. The molecule has 0 radical (unpaired) electrons. The predicted octanol–water partition coefficient (Wildman–Crippen LogP) is 4.95. The first-order valence-corrected chi connectivity index (χ1v) is 12.9. The molecule has 2 amide bonds. The van der Waals surface area contributed by atoms with E-state index in [9.17, 15) is 9.59 Å². The molecule has 6 nitrogen and oxygen atoms in total. The van der Waals surface area contributed by atoms with Crippen molar-refractivity contribution in [2.24, 2.45) is 7.05 Å². The van der Waals surface area contributed by atoms with Crippen molar-refractivity contribution < 1.29 is 14.3 Å². The molecule has 1 aromatic heterocycles. The van der Waals surface area contributed by atoms with Crippen LogP contribution in [0.25, 0.3) is 22.2 Å². The fraction of sp³-hybridized carbons (Fsp3) is 0.290. The zero-order valence-electron chi connectivity index (χ0n) is 21.5. The highest BCUT2D eigenvalue weighted by Gasteiger charge is 2.45. The highest BCUT2D eigenvalue weighted by Crippen LogP contribution is 2.47. The minimum absolute atomic E-state index is 0.0356.